The maximum atomic E-state index is 4.03. The smallest absolute Gasteiger partial charge is 0.0167 e. The molecular weight excluding hydrogens is 132 g/mol. The molecule has 0 bridgehead atoms. The third-order valence-electron chi connectivity index (χ3n) is 2.14. The molecule has 0 nitrogen and oxygen atoms in total. The second-order valence-electron chi connectivity index (χ2n) is 3.13. The molecule has 0 atom stereocenters. The molecule has 0 amide bonds. The van der Waals surface area contributed by atoms with Crippen LogP contribution in [0.15, 0.2) is 36.5 Å². The lowest BCUT2D eigenvalue weighted by atomic mass is 10.1. The molecule has 0 aromatic rings. The molecule has 0 heteroatoms. The van der Waals surface area contributed by atoms with Crippen molar-refractivity contribution in [3.63, 3.8) is 0 Å². The molecule has 0 aromatic carbocycles. The first kappa shape index (κ1) is 8.32. The lowest BCUT2D eigenvalue weighted by Gasteiger charge is -1.98. The van der Waals surface area contributed by atoms with E-state index in [0.717, 1.165) is 12.3 Å². The summed E-state index contributed by atoms with van der Waals surface area (Å²) in [6.45, 7) is 9.93. The normalized spacial score (nSPS) is 18.1. The van der Waals surface area contributed by atoms with Crippen molar-refractivity contribution in [2.75, 3.05) is 0 Å². The Hall–Kier alpha value is -0.780. The van der Waals surface area contributed by atoms with E-state index in [-0.39, 0.29) is 0 Å². The fraction of sp³-hybridized carbons (Fsp3) is 0.455. The summed E-state index contributed by atoms with van der Waals surface area (Å²) >= 11 is 0. The summed E-state index contributed by atoms with van der Waals surface area (Å²) in [4.78, 5) is 0. The van der Waals surface area contributed by atoms with E-state index < -0.39 is 0 Å². The van der Waals surface area contributed by atoms with E-state index in [4.69, 9.17) is 0 Å². The van der Waals surface area contributed by atoms with Gasteiger partial charge < -0.3 is 0 Å². The van der Waals surface area contributed by atoms with Crippen molar-refractivity contribution in [2.45, 2.75) is 26.2 Å². The first-order valence-corrected chi connectivity index (χ1v) is 4.29. The third kappa shape index (κ3) is 2.38. The highest BCUT2D eigenvalue weighted by molar-refractivity contribution is 5.30. The van der Waals surface area contributed by atoms with E-state index >= 15 is 0 Å². The summed E-state index contributed by atoms with van der Waals surface area (Å²) < 4.78 is 0. The quantitative estimate of drug-likeness (QED) is 0.535. The standard InChI is InChI=1S/C11H16/c1-4-10(5-2)8-9(3)11-6-7-11/h4,8,11H,1,3,5-7H2,2H3/b10-8+. The van der Waals surface area contributed by atoms with Crippen LogP contribution in [-0.2, 0) is 0 Å². The molecule has 0 saturated heterocycles. The topological polar surface area (TPSA) is 0 Å². The summed E-state index contributed by atoms with van der Waals surface area (Å²) in [7, 11) is 0. The van der Waals surface area contributed by atoms with E-state index in [1.54, 1.807) is 0 Å². The second-order valence-corrected chi connectivity index (χ2v) is 3.13. The number of hydrogen-bond acceptors (Lipinski definition) is 0. The summed E-state index contributed by atoms with van der Waals surface area (Å²) in [6, 6.07) is 0. The average molecular weight is 148 g/mol. The first-order valence-electron chi connectivity index (χ1n) is 4.29. The molecule has 0 unspecified atom stereocenters. The molecule has 1 aliphatic carbocycles. The van der Waals surface area contributed by atoms with Crippen LogP contribution in [0.25, 0.3) is 0 Å². The van der Waals surface area contributed by atoms with Gasteiger partial charge in [0.1, 0.15) is 0 Å². The predicted octanol–water partition coefficient (Wildman–Crippen LogP) is 3.48. The van der Waals surface area contributed by atoms with Crippen LogP contribution in [0.4, 0.5) is 0 Å². The molecule has 0 heterocycles. The van der Waals surface area contributed by atoms with Crippen molar-refractivity contribution < 1.29 is 0 Å². The lowest BCUT2D eigenvalue weighted by Crippen LogP contribution is -1.80. The Morgan fingerprint density at radius 3 is 2.55 bits per heavy atom. The molecule has 11 heavy (non-hydrogen) atoms. The Morgan fingerprint density at radius 2 is 2.18 bits per heavy atom. The summed E-state index contributed by atoms with van der Waals surface area (Å²) in [5, 5.41) is 0. The molecule has 0 spiro atoms. The van der Waals surface area contributed by atoms with Gasteiger partial charge in [-0.15, -0.1) is 0 Å². The number of allylic oxidation sites excluding steroid dienone is 4. The van der Waals surface area contributed by atoms with E-state index in [2.05, 4.69) is 26.2 Å². The molecule has 0 radical (unpaired) electrons. The highest BCUT2D eigenvalue weighted by atomic mass is 14.3. The molecule has 1 fully saturated rings. The molecule has 0 N–H and O–H groups in total. The molecule has 0 aromatic heterocycles. The van der Waals surface area contributed by atoms with Crippen LogP contribution in [0.3, 0.4) is 0 Å². The van der Waals surface area contributed by atoms with E-state index in [1.807, 2.05) is 6.08 Å². The average Bonchev–Trinajstić information content (AvgIpc) is 2.81. The van der Waals surface area contributed by atoms with Crippen LogP contribution in [0.5, 0.6) is 0 Å². The first-order chi connectivity index (χ1) is 5.27. The largest absolute Gasteiger partial charge is 0.0988 e. The van der Waals surface area contributed by atoms with Gasteiger partial charge in [0.2, 0.25) is 0 Å². The van der Waals surface area contributed by atoms with Gasteiger partial charge in [0, 0.05) is 0 Å². The van der Waals surface area contributed by atoms with Crippen molar-refractivity contribution in [3.05, 3.63) is 36.5 Å². The Morgan fingerprint density at radius 1 is 1.55 bits per heavy atom. The molecule has 0 aliphatic heterocycles. The minimum atomic E-state index is 0.788. The minimum absolute atomic E-state index is 0.788. The van der Waals surface area contributed by atoms with Gasteiger partial charge in [0.15, 0.2) is 0 Å². The van der Waals surface area contributed by atoms with Gasteiger partial charge in [0.25, 0.3) is 0 Å². The molecular formula is C11H16. The Labute approximate surface area is 69.3 Å². The van der Waals surface area contributed by atoms with Gasteiger partial charge in [-0.3, -0.25) is 0 Å². The van der Waals surface area contributed by atoms with Crippen molar-refractivity contribution in [1.29, 1.82) is 0 Å². The maximum absolute atomic E-state index is 4.03. The van der Waals surface area contributed by atoms with Crippen molar-refractivity contribution in [1.82, 2.24) is 0 Å². The molecule has 1 rings (SSSR count). The SMILES string of the molecule is C=C/C(=C\C(=C)C1CC1)CC. The zero-order valence-corrected chi connectivity index (χ0v) is 7.27. The number of hydrogen-bond donors (Lipinski definition) is 0. The van der Waals surface area contributed by atoms with Crippen molar-refractivity contribution >= 4 is 0 Å². The van der Waals surface area contributed by atoms with Gasteiger partial charge in [-0.05, 0) is 30.8 Å². The lowest BCUT2D eigenvalue weighted by molar-refractivity contribution is 1.04. The van der Waals surface area contributed by atoms with Gasteiger partial charge >= 0.3 is 0 Å². The van der Waals surface area contributed by atoms with Crippen LogP contribution in [0, 0.1) is 5.92 Å². The highest BCUT2D eigenvalue weighted by Gasteiger charge is 2.22. The van der Waals surface area contributed by atoms with Crippen LogP contribution in [-0.4, -0.2) is 0 Å². The summed E-state index contributed by atoms with van der Waals surface area (Å²) in [5.41, 5.74) is 2.60. The fourth-order valence-electron chi connectivity index (χ4n) is 1.12. The summed E-state index contributed by atoms with van der Waals surface area (Å²) in [6.07, 6.45) is 7.85. The van der Waals surface area contributed by atoms with Crippen molar-refractivity contribution in [3.8, 4) is 0 Å². The van der Waals surface area contributed by atoms with E-state index in [0.29, 0.717) is 0 Å². The van der Waals surface area contributed by atoms with Gasteiger partial charge in [-0.25, -0.2) is 0 Å². The van der Waals surface area contributed by atoms with Crippen molar-refractivity contribution in [2.24, 2.45) is 5.92 Å². The van der Waals surface area contributed by atoms with Gasteiger partial charge in [0.05, 0.1) is 0 Å². The molecule has 1 aliphatic rings. The monoisotopic (exact) mass is 148 g/mol. The molecule has 60 valence electrons. The van der Waals surface area contributed by atoms with E-state index in [1.165, 1.54) is 24.0 Å². The highest BCUT2D eigenvalue weighted by Crippen LogP contribution is 2.36. The Kier molecular flexibility index (Phi) is 2.70. The van der Waals surface area contributed by atoms with Crippen LogP contribution in [0.2, 0.25) is 0 Å². The predicted molar refractivity (Wildman–Crippen MR) is 50.4 cm³/mol. The van der Waals surface area contributed by atoms with Crippen LogP contribution < -0.4 is 0 Å². The van der Waals surface area contributed by atoms with E-state index in [9.17, 15) is 0 Å². The van der Waals surface area contributed by atoms with Crippen LogP contribution in [0.1, 0.15) is 26.2 Å². The Balaban J connectivity index is 2.52. The molecule has 1 saturated carbocycles. The van der Waals surface area contributed by atoms with Gasteiger partial charge in [-0.2, -0.15) is 0 Å². The van der Waals surface area contributed by atoms with Crippen LogP contribution >= 0.6 is 0 Å². The fourth-order valence-corrected chi connectivity index (χ4v) is 1.12. The maximum Gasteiger partial charge on any atom is -0.0167 e. The zero-order chi connectivity index (χ0) is 8.27. The zero-order valence-electron chi connectivity index (χ0n) is 7.27. The Bertz CT molecular complexity index is 192. The van der Waals surface area contributed by atoms with Gasteiger partial charge in [-0.1, -0.05) is 37.8 Å². The summed E-state index contributed by atoms with van der Waals surface area (Å²) in [5.74, 6) is 0.788. The number of rotatable bonds is 4. The second kappa shape index (κ2) is 3.56. The third-order valence-corrected chi connectivity index (χ3v) is 2.14. The minimum Gasteiger partial charge on any atom is -0.0988 e.